The van der Waals surface area contributed by atoms with Crippen molar-refractivity contribution in [1.29, 1.82) is 0 Å². The summed E-state index contributed by atoms with van der Waals surface area (Å²) in [5.74, 6) is 0.821. The first kappa shape index (κ1) is 19.9. The Hall–Kier alpha value is -4.08. The van der Waals surface area contributed by atoms with Crippen LogP contribution in [0.3, 0.4) is 0 Å². The van der Waals surface area contributed by atoms with Gasteiger partial charge in [-0.2, -0.15) is 5.06 Å². The summed E-state index contributed by atoms with van der Waals surface area (Å²) in [4.78, 5) is 0. The zero-order valence-electron chi connectivity index (χ0n) is 17.7. The molecule has 0 N–H and O–H groups in total. The highest BCUT2D eigenvalue weighted by Crippen LogP contribution is 2.33. The lowest BCUT2D eigenvalue weighted by Crippen LogP contribution is -2.08. The first-order chi connectivity index (χ1) is 15.7. The fourth-order valence-electron chi connectivity index (χ4n) is 4.00. The number of ether oxygens (including phenoxy) is 1. The van der Waals surface area contributed by atoms with Crippen LogP contribution in [0.1, 0.15) is 0 Å². The minimum atomic E-state index is 0.595. The molecule has 0 heterocycles. The van der Waals surface area contributed by atoms with Crippen molar-refractivity contribution in [3.05, 3.63) is 115 Å². The van der Waals surface area contributed by atoms with Crippen molar-refractivity contribution in [1.82, 2.24) is 0 Å². The van der Waals surface area contributed by atoms with Gasteiger partial charge in [-0.15, -0.1) is 0 Å². The van der Waals surface area contributed by atoms with E-state index in [4.69, 9.17) is 4.74 Å². The second kappa shape index (κ2) is 8.58. The second-order valence-corrected chi connectivity index (χ2v) is 7.65. The minimum Gasteiger partial charge on any atom is -0.497 e. The van der Waals surface area contributed by atoms with E-state index in [2.05, 4.69) is 30.3 Å². The van der Waals surface area contributed by atoms with Crippen LogP contribution in [0, 0.1) is 0 Å². The molecule has 0 saturated carbocycles. The Bertz CT molecular complexity index is 1350. The van der Waals surface area contributed by atoms with Gasteiger partial charge in [-0.3, -0.25) is 0 Å². The molecule has 3 heteroatoms. The minimum absolute atomic E-state index is 0.595. The van der Waals surface area contributed by atoms with Crippen LogP contribution in [0.25, 0.3) is 33.0 Å². The van der Waals surface area contributed by atoms with Crippen molar-refractivity contribution in [3.8, 4) is 28.0 Å². The molecule has 0 aliphatic heterocycles. The molecule has 155 valence electrons. The molecule has 5 aromatic rings. The van der Waals surface area contributed by atoms with Gasteiger partial charge >= 0.3 is 0 Å². The van der Waals surface area contributed by atoms with Crippen LogP contribution in [0.15, 0.2) is 115 Å². The summed E-state index contributed by atoms with van der Waals surface area (Å²) < 4.78 is 5.22. The molecule has 5 aromatic carbocycles. The zero-order chi connectivity index (χ0) is 21.9. The van der Waals surface area contributed by atoms with Gasteiger partial charge in [0.1, 0.15) is 5.75 Å². The molecule has 0 aliphatic rings. The third kappa shape index (κ3) is 3.82. The molecule has 0 aromatic heterocycles. The summed E-state index contributed by atoms with van der Waals surface area (Å²) in [7, 11) is 1.65. The second-order valence-electron chi connectivity index (χ2n) is 7.65. The van der Waals surface area contributed by atoms with Gasteiger partial charge in [-0.05, 0) is 69.4 Å². The Kier molecular flexibility index (Phi) is 5.32. The summed E-state index contributed by atoms with van der Waals surface area (Å²) in [6.07, 6.45) is 0. The Morgan fingerprint density at radius 1 is 0.594 bits per heavy atom. The number of anilines is 2. The van der Waals surface area contributed by atoms with E-state index in [1.165, 1.54) is 10.8 Å². The molecule has 0 unspecified atom stereocenters. The third-order valence-corrected chi connectivity index (χ3v) is 5.71. The first-order valence-electron chi connectivity index (χ1n) is 10.5. The predicted octanol–water partition coefficient (Wildman–Crippen LogP) is 7.67. The van der Waals surface area contributed by atoms with Crippen LogP contribution in [0.4, 0.5) is 11.4 Å². The van der Waals surface area contributed by atoms with E-state index >= 15 is 0 Å². The monoisotopic (exact) mass is 416 g/mol. The summed E-state index contributed by atoms with van der Waals surface area (Å²) >= 11 is 0. The molecule has 0 spiro atoms. The largest absolute Gasteiger partial charge is 0.497 e. The van der Waals surface area contributed by atoms with E-state index in [-0.39, 0.29) is 0 Å². The molecule has 32 heavy (non-hydrogen) atoms. The lowest BCUT2D eigenvalue weighted by Gasteiger charge is -2.16. The first-order valence-corrected chi connectivity index (χ1v) is 10.5. The van der Waals surface area contributed by atoms with Crippen LogP contribution in [-0.4, -0.2) is 7.11 Å². The molecular weight excluding hydrogens is 394 g/mol. The average Bonchev–Trinajstić information content (AvgIpc) is 2.88. The number of methoxy groups -OCH3 is 1. The predicted molar refractivity (Wildman–Crippen MR) is 131 cm³/mol. The Morgan fingerprint density at radius 2 is 1.25 bits per heavy atom. The van der Waals surface area contributed by atoms with Crippen LogP contribution < -0.4 is 9.80 Å². The van der Waals surface area contributed by atoms with Gasteiger partial charge in [0, 0.05) is 0 Å². The van der Waals surface area contributed by atoms with Crippen molar-refractivity contribution in [2.45, 2.75) is 0 Å². The number of benzene rings is 5. The van der Waals surface area contributed by atoms with Gasteiger partial charge in [0.25, 0.3) is 0 Å². The van der Waals surface area contributed by atoms with Gasteiger partial charge in [0.05, 0.1) is 18.5 Å². The van der Waals surface area contributed by atoms with Crippen LogP contribution >= 0.6 is 0 Å². The molecule has 1 radical (unpaired) electrons. The van der Waals surface area contributed by atoms with Crippen LogP contribution in [0.2, 0.25) is 0 Å². The van der Waals surface area contributed by atoms with Crippen molar-refractivity contribution >= 4 is 22.1 Å². The highest BCUT2D eigenvalue weighted by atomic mass is 16.5. The molecule has 0 bridgehead atoms. The number of hydrogen-bond donors (Lipinski definition) is 0. The number of hydrogen-bond acceptors (Lipinski definition) is 2. The summed E-state index contributed by atoms with van der Waals surface area (Å²) in [6, 6.07) is 37.9. The number of rotatable bonds is 5. The topological polar surface area (TPSA) is 32.4 Å². The Balaban J connectivity index is 1.44. The third-order valence-electron chi connectivity index (χ3n) is 5.71. The van der Waals surface area contributed by atoms with Gasteiger partial charge in [-0.1, -0.05) is 84.1 Å². The van der Waals surface area contributed by atoms with E-state index in [0.29, 0.717) is 11.4 Å². The van der Waals surface area contributed by atoms with Gasteiger partial charge in [0.2, 0.25) is 0 Å². The lowest BCUT2D eigenvalue weighted by molar-refractivity contribution is 0.196. The normalized spacial score (nSPS) is 10.8. The van der Waals surface area contributed by atoms with Crippen LogP contribution in [0.5, 0.6) is 5.75 Å². The van der Waals surface area contributed by atoms with E-state index < -0.39 is 0 Å². The smallest absolute Gasteiger partial charge is 0.118 e. The van der Waals surface area contributed by atoms with Crippen molar-refractivity contribution in [2.24, 2.45) is 0 Å². The Labute approximate surface area is 187 Å². The van der Waals surface area contributed by atoms with Gasteiger partial charge < -0.3 is 4.74 Å². The summed E-state index contributed by atoms with van der Waals surface area (Å²) in [5.41, 5.74) is 5.47. The van der Waals surface area contributed by atoms with E-state index in [0.717, 1.165) is 33.1 Å². The van der Waals surface area contributed by atoms with E-state index in [1.807, 2.05) is 84.9 Å². The molecule has 3 nitrogen and oxygen atoms in total. The van der Waals surface area contributed by atoms with Crippen LogP contribution in [-0.2, 0) is 5.21 Å². The Morgan fingerprint density at radius 3 is 2.00 bits per heavy atom. The summed E-state index contributed by atoms with van der Waals surface area (Å²) in [6.45, 7) is 0. The summed E-state index contributed by atoms with van der Waals surface area (Å²) in [5, 5.41) is 16.5. The standard InChI is InChI=1S/C29H22NO2/c1-32-27-18-14-22(15-19-27)21-12-16-25(17-13-21)30(31)26-9-4-8-24(20-26)29-11-5-7-23-6-2-3-10-28(23)29/h2-20H,1H3. The zero-order valence-corrected chi connectivity index (χ0v) is 17.7. The van der Waals surface area contributed by atoms with Crippen molar-refractivity contribution in [3.63, 3.8) is 0 Å². The van der Waals surface area contributed by atoms with Crippen molar-refractivity contribution < 1.29 is 9.94 Å². The van der Waals surface area contributed by atoms with Gasteiger partial charge in [-0.25, -0.2) is 0 Å². The molecule has 0 saturated heterocycles. The highest BCUT2D eigenvalue weighted by molar-refractivity contribution is 5.97. The number of nitrogens with zero attached hydrogens (tertiary/aromatic N) is 1. The average molecular weight is 417 g/mol. The van der Waals surface area contributed by atoms with Crippen molar-refractivity contribution in [2.75, 3.05) is 12.2 Å². The maximum Gasteiger partial charge on any atom is 0.118 e. The lowest BCUT2D eigenvalue weighted by atomic mass is 9.98. The SMILES string of the molecule is COc1ccc(-c2ccc(N([O])c3cccc(-c4cccc5ccccc45)c3)cc2)cc1. The van der Waals surface area contributed by atoms with E-state index in [9.17, 15) is 5.21 Å². The molecule has 0 fully saturated rings. The maximum absolute atomic E-state index is 13.1. The van der Waals surface area contributed by atoms with E-state index in [1.54, 1.807) is 7.11 Å². The maximum atomic E-state index is 13.1. The van der Waals surface area contributed by atoms with Gasteiger partial charge in [0.15, 0.2) is 0 Å². The molecule has 0 amide bonds. The molecule has 5 rings (SSSR count). The fraction of sp³-hybridized carbons (Fsp3) is 0.0345. The highest BCUT2D eigenvalue weighted by Gasteiger charge is 2.11. The number of fused-ring (bicyclic) bond motifs is 1. The molecule has 0 aliphatic carbocycles. The molecular formula is C29H22NO2. The fourth-order valence-corrected chi connectivity index (χ4v) is 4.00. The quantitative estimate of drug-likeness (QED) is 0.275. The molecule has 0 atom stereocenters.